The fourth-order valence-electron chi connectivity index (χ4n) is 3.72. The Kier molecular flexibility index (Phi) is 8.24. The van der Waals surface area contributed by atoms with Crippen LogP contribution in [-0.4, -0.2) is 48.2 Å². The summed E-state index contributed by atoms with van der Waals surface area (Å²) < 4.78 is 38.7. The topological polar surface area (TPSA) is 104 Å². The molecule has 0 radical (unpaired) electrons. The van der Waals surface area contributed by atoms with Gasteiger partial charge in [0.05, 0.1) is 23.9 Å². The summed E-state index contributed by atoms with van der Waals surface area (Å²) in [5.41, 5.74) is 0.572. The summed E-state index contributed by atoms with van der Waals surface area (Å²) in [7, 11) is 0. The number of aliphatic imine (C=N–C) groups is 1. The Morgan fingerprint density at radius 3 is 2.47 bits per heavy atom. The average Bonchev–Trinajstić information content (AvgIpc) is 3.24. The van der Waals surface area contributed by atoms with Gasteiger partial charge in [-0.15, -0.1) is 0 Å². The lowest BCUT2D eigenvalue weighted by atomic mass is 10.0. The highest BCUT2D eigenvalue weighted by atomic mass is 19.4. The van der Waals surface area contributed by atoms with Crippen LogP contribution in [-0.2, 0) is 17.4 Å². The number of benzene rings is 2. The van der Waals surface area contributed by atoms with Crippen LogP contribution < -0.4 is 10.6 Å². The summed E-state index contributed by atoms with van der Waals surface area (Å²) in [5.74, 6) is 0.0685. The molecular weight excluding hydrogens is 445 g/mol. The van der Waals surface area contributed by atoms with Gasteiger partial charge in [-0.05, 0) is 36.1 Å². The number of rotatable bonds is 8. The van der Waals surface area contributed by atoms with Crippen molar-refractivity contribution in [1.29, 1.82) is 10.7 Å². The van der Waals surface area contributed by atoms with Crippen LogP contribution in [0.5, 0.6) is 0 Å². The van der Waals surface area contributed by atoms with Crippen LogP contribution in [0.2, 0.25) is 0 Å². The van der Waals surface area contributed by atoms with Crippen molar-refractivity contribution in [1.82, 2.24) is 15.5 Å². The third-order valence-corrected chi connectivity index (χ3v) is 5.49. The monoisotopic (exact) mass is 470 g/mol. The highest BCUT2D eigenvalue weighted by molar-refractivity contribution is 6.04. The number of hydrogen-bond acceptors (Lipinski definition) is 4. The predicted octanol–water partition coefficient (Wildman–Crippen LogP) is 3.32. The van der Waals surface area contributed by atoms with E-state index >= 15 is 0 Å². The molecule has 7 nitrogen and oxygen atoms in total. The van der Waals surface area contributed by atoms with E-state index in [1.807, 2.05) is 36.5 Å². The number of nitrogens with one attached hydrogen (secondary N) is 3. The van der Waals surface area contributed by atoms with E-state index in [1.54, 1.807) is 0 Å². The molecular formula is C24H25F3N6O. The number of hydrogen-bond donors (Lipinski definition) is 3. The Balaban J connectivity index is 1.75. The Hall–Kier alpha value is -3.87. The van der Waals surface area contributed by atoms with Gasteiger partial charge in [0.25, 0.3) is 0 Å². The van der Waals surface area contributed by atoms with Crippen molar-refractivity contribution in [2.24, 2.45) is 4.99 Å². The van der Waals surface area contributed by atoms with E-state index in [1.165, 1.54) is 17.0 Å². The molecule has 3 rings (SSSR count). The molecule has 1 unspecified atom stereocenters. The molecule has 1 amide bonds. The third-order valence-electron chi connectivity index (χ3n) is 5.49. The number of carbonyl (C=O) groups excluding carboxylic acids is 1. The average molecular weight is 470 g/mol. The van der Waals surface area contributed by atoms with Gasteiger partial charge >= 0.3 is 6.18 Å². The smallest absolute Gasteiger partial charge is 0.355 e. The molecule has 34 heavy (non-hydrogen) atoms. The van der Waals surface area contributed by atoms with Crippen molar-refractivity contribution in [2.45, 2.75) is 31.5 Å². The van der Waals surface area contributed by atoms with Gasteiger partial charge in [0.2, 0.25) is 11.9 Å². The molecule has 2 aromatic carbocycles. The zero-order chi connectivity index (χ0) is 24.6. The van der Waals surface area contributed by atoms with Crippen molar-refractivity contribution in [2.75, 3.05) is 19.6 Å². The largest absolute Gasteiger partial charge is 0.416 e. The third kappa shape index (κ3) is 6.57. The lowest BCUT2D eigenvalue weighted by Gasteiger charge is -2.27. The van der Waals surface area contributed by atoms with Crippen LogP contribution >= 0.6 is 0 Å². The van der Waals surface area contributed by atoms with Crippen molar-refractivity contribution in [3.05, 3.63) is 71.3 Å². The van der Waals surface area contributed by atoms with Crippen molar-refractivity contribution >= 4 is 17.6 Å². The van der Waals surface area contributed by atoms with Crippen LogP contribution in [0.25, 0.3) is 0 Å². The lowest BCUT2D eigenvalue weighted by Crippen LogP contribution is -2.45. The van der Waals surface area contributed by atoms with E-state index in [2.05, 4.69) is 15.6 Å². The summed E-state index contributed by atoms with van der Waals surface area (Å²) >= 11 is 0. The molecule has 178 valence electrons. The van der Waals surface area contributed by atoms with Crippen LogP contribution in [0.3, 0.4) is 0 Å². The first-order valence-electron chi connectivity index (χ1n) is 10.8. The van der Waals surface area contributed by atoms with Crippen LogP contribution in [0.4, 0.5) is 13.2 Å². The second kappa shape index (κ2) is 11.3. The maximum atomic E-state index is 12.9. The first kappa shape index (κ1) is 24.8. The fourth-order valence-corrected chi connectivity index (χ4v) is 3.72. The summed E-state index contributed by atoms with van der Waals surface area (Å²) in [6, 6.07) is 13.3. The maximum Gasteiger partial charge on any atom is 0.416 e. The predicted molar refractivity (Wildman–Crippen MR) is 122 cm³/mol. The molecule has 0 saturated carbocycles. The Labute approximate surface area is 195 Å². The molecule has 10 heteroatoms. The molecule has 0 aliphatic carbocycles. The standard InChI is InChI=1S/C24H25F3N6O/c25-24(26,27)19-10-8-18(9-11-19)22(29)20(33-14-4-7-21(33)34)15-31-23(32-16-28)30-13-12-17-5-2-1-3-6-17/h1-3,5-6,8-11,20,29H,4,7,12-15H2,(H2,30,31,32). The molecule has 1 aliphatic heterocycles. The zero-order valence-electron chi connectivity index (χ0n) is 18.4. The van der Waals surface area contributed by atoms with E-state index in [0.717, 1.165) is 17.7 Å². The van der Waals surface area contributed by atoms with E-state index in [0.29, 0.717) is 32.4 Å². The van der Waals surface area contributed by atoms with Crippen LogP contribution in [0.15, 0.2) is 59.6 Å². The number of nitriles is 1. The minimum absolute atomic E-state index is 0.00619. The minimum Gasteiger partial charge on any atom is -0.355 e. The summed E-state index contributed by atoms with van der Waals surface area (Å²) in [4.78, 5) is 18.3. The first-order valence-corrected chi connectivity index (χ1v) is 10.8. The highest BCUT2D eigenvalue weighted by Gasteiger charge is 2.33. The minimum atomic E-state index is -4.47. The van der Waals surface area contributed by atoms with Gasteiger partial charge in [0.15, 0.2) is 6.19 Å². The molecule has 1 atom stereocenters. The molecule has 3 N–H and O–H groups in total. The first-order chi connectivity index (χ1) is 16.3. The number of alkyl halides is 3. The van der Waals surface area contributed by atoms with E-state index in [-0.39, 0.29) is 29.7 Å². The molecule has 0 bridgehead atoms. The van der Waals surface area contributed by atoms with Crippen molar-refractivity contribution < 1.29 is 18.0 Å². The van der Waals surface area contributed by atoms with Crippen LogP contribution in [0, 0.1) is 16.9 Å². The van der Waals surface area contributed by atoms with Gasteiger partial charge in [0.1, 0.15) is 0 Å². The fraction of sp³-hybridized carbons (Fsp3) is 0.333. The molecule has 2 aromatic rings. The van der Waals surface area contributed by atoms with Gasteiger partial charge < -0.3 is 15.6 Å². The van der Waals surface area contributed by atoms with Gasteiger partial charge in [0, 0.05) is 19.5 Å². The molecule has 1 aliphatic rings. The van der Waals surface area contributed by atoms with Crippen molar-refractivity contribution in [3.63, 3.8) is 0 Å². The van der Waals surface area contributed by atoms with Gasteiger partial charge in [-0.25, -0.2) is 4.99 Å². The number of likely N-dealkylation sites (tertiary alicyclic amines) is 1. The molecule has 1 saturated heterocycles. The Morgan fingerprint density at radius 2 is 1.88 bits per heavy atom. The Morgan fingerprint density at radius 1 is 1.18 bits per heavy atom. The SMILES string of the molecule is N#CNC(=NCC(C(=N)c1ccc(C(F)(F)F)cc1)N1CCCC1=O)NCCc1ccccc1. The van der Waals surface area contributed by atoms with E-state index in [4.69, 9.17) is 10.7 Å². The molecule has 0 spiro atoms. The second-order valence-corrected chi connectivity index (χ2v) is 7.78. The molecule has 1 heterocycles. The van der Waals surface area contributed by atoms with Crippen LogP contribution in [0.1, 0.15) is 29.5 Å². The number of amides is 1. The lowest BCUT2D eigenvalue weighted by molar-refractivity contribution is -0.137. The number of halogens is 3. The quantitative estimate of drug-likeness (QED) is 0.238. The number of carbonyl (C=O) groups is 1. The van der Waals surface area contributed by atoms with Gasteiger partial charge in [-0.3, -0.25) is 10.1 Å². The normalized spacial score (nSPS) is 15.1. The highest BCUT2D eigenvalue weighted by Crippen LogP contribution is 2.29. The maximum absolute atomic E-state index is 12.9. The second-order valence-electron chi connectivity index (χ2n) is 7.78. The Bertz CT molecular complexity index is 1060. The number of guanidine groups is 1. The summed E-state index contributed by atoms with van der Waals surface area (Å²) in [6.45, 7) is 0.916. The summed E-state index contributed by atoms with van der Waals surface area (Å²) in [6.07, 6.45) is -0.978. The van der Waals surface area contributed by atoms with Gasteiger partial charge in [-0.2, -0.15) is 18.4 Å². The van der Waals surface area contributed by atoms with E-state index in [9.17, 15) is 18.0 Å². The molecule has 1 fully saturated rings. The van der Waals surface area contributed by atoms with Crippen molar-refractivity contribution in [3.8, 4) is 6.19 Å². The van der Waals surface area contributed by atoms with Gasteiger partial charge in [-0.1, -0.05) is 42.5 Å². The molecule has 0 aromatic heterocycles. The van der Waals surface area contributed by atoms with E-state index < -0.39 is 17.8 Å². The zero-order valence-corrected chi connectivity index (χ0v) is 18.4. The number of nitrogens with zero attached hydrogens (tertiary/aromatic N) is 3. The summed E-state index contributed by atoms with van der Waals surface area (Å²) in [5, 5.41) is 23.2.